The van der Waals surface area contributed by atoms with E-state index >= 15 is 0 Å². The Morgan fingerprint density at radius 2 is 2.20 bits per heavy atom. The van der Waals surface area contributed by atoms with E-state index in [-0.39, 0.29) is 6.04 Å². The molecule has 1 aromatic heterocycles. The van der Waals surface area contributed by atoms with Crippen LogP contribution in [0.2, 0.25) is 0 Å². The molecule has 0 bridgehead atoms. The van der Waals surface area contributed by atoms with Crippen LogP contribution in [0.4, 0.5) is 5.69 Å². The first-order valence-corrected chi connectivity index (χ1v) is 5.07. The van der Waals surface area contributed by atoms with Crippen molar-refractivity contribution in [3.05, 3.63) is 18.7 Å². The molecule has 1 atom stereocenters. The Morgan fingerprint density at radius 3 is 2.80 bits per heavy atom. The molecular formula is C10H18N4O. The summed E-state index contributed by atoms with van der Waals surface area (Å²) in [7, 11) is 1.69. The molecule has 84 valence electrons. The molecule has 3 N–H and O–H groups in total. The zero-order valence-electron chi connectivity index (χ0n) is 9.02. The third-order valence-corrected chi connectivity index (χ3v) is 2.06. The number of anilines is 1. The first-order chi connectivity index (χ1) is 7.36. The van der Waals surface area contributed by atoms with Gasteiger partial charge in [0.1, 0.15) is 6.33 Å². The highest BCUT2D eigenvalue weighted by Gasteiger charge is 2.07. The largest absolute Gasteiger partial charge is 0.383 e. The summed E-state index contributed by atoms with van der Waals surface area (Å²) in [6, 6.07) is 0.268. The highest BCUT2D eigenvalue weighted by atomic mass is 16.5. The normalized spacial score (nSPS) is 12.4. The summed E-state index contributed by atoms with van der Waals surface area (Å²) in [5.41, 5.74) is 6.39. The average molecular weight is 210 g/mol. The van der Waals surface area contributed by atoms with E-state index in [0.29, 0.717) is 13.2 Å². The minimum Gasteiger partial charge on any atom is -0.383 e. The van der Waals surface area contributed by atoms with Gasteiger partial charge in [-0.3, -0.25) is 0 Å². The number of ether oxygens (including phenoxy) is 1. The molecule has 0 fully saturated rings. The van der Waals surface area contributed by atoms with Crippen molar-refractivity contribution in [3.63, 3.8) is 0 Å². The van der Waals surface area contributed by atoms with Gasteiger partial charge in [-0.2, -0.15) is 0 Å². The first kappa shape index (κ1) is 11.9. The van der Waals surface area contributed by atoms with E-state index in [1.54, 1.807) is 19.5 Å². The summed E-state index contributed by atoms with van der Waals surface area (Å²) in [5.74, 6) is 0. The highest BCUT2D eigenvalue weighted by molar-refractivity contribution is 5.38. The fourth-order valence-electron chi connectivity index (χ4n) is 1.37. The van der Waals surface area contributed by atoms with Crippen LogP contribution in [0.1, 0.15) is 12.8 Å². The molecule has 1 heterocycles. The highest BCUT2D eigenvalue weighted by Crippen LogP contribution is 2.07. The Balaban J connectivity index is 2.43. The summed E-state index contributed by atoms with van der Waals surface area (Å²) in [6.45, 7) is 1.36. The molecule has 0 radical (unpaired) electrons. The molecule has 0 spiro atoms. The van der Waals surface area contributed by atoms with Crippen molar-refractivity contribution < 1.29 is 4.74 Å². The summed E-state index contributed by atoms with van der Waals surface area (Å²) >= 11 is 0. The molecule has 0 saturated heterocycles. The van der Waals surface area contributed by atoms with Crippen LogP contribution in [0, 0.1) is 0 Å². The average Bonchev–Trinajstić information content (AvgIpc) is 2.28. The van der Waals surface area contributed by atoms with Gasteiger partial charge in [0.25, 0.3) is 0 Å². The van der Waals surface area contributed by atoms with E-state index in [9.17, 15) is 0 Å². The number of hydrogen-bond donors (Lipinski definition) is 2. The van der Waals surface area contributed by atoms with Crippen LogP contribution in [0.3, 0.4) is 0 Å². The van der Waals surface area contributed by atoms with Crippen molar-refractivity contribution in [1.29, 1.82) is 0 Å². The lowest BCUT2D eigenvalue weighted by Gasteiger charge is -2.18. The van der Waals surface area contributed by atoms with E-state index in [2.05, 4.69) is 15.3 Å². The summed E-state index contributed by atoms with van der Waals surface area (Å²) < 4.78 is 5.13. The Morgan fingerprint density at radius 1 is 1.47 bits per heavy atom. The lowest BCUT2D eigenvalue weighted by Crippen LogP contribution is -2.25. The Hall–Kier alpha value is -1.20. The van der Waals surface area contributed by atoms with Gasteiger partial charge in [0, 0.05) is 13.2 Å². The van der Waals surface area contributed by atoms with Crippen molar-refractivity contribution in [2.24, 2.45) is 5.73 Å². The van der Waals surface area contributed by atoms with Crippen molar-refractivity contribution in [2.75, 3.05) is 25.6 Å². The van der Waals surface area contributed by atoms with Crippen molar-refractivity contribution >= 4 is 5.69 Å². The molecule has 1 aromatic rings. The maximum atomic E-state index is 5.47. The van der Waals surface area contributed by atoms with E-state index in [1.165, 1.54) is 6.33 Å². The van der Waals surface area contributed by atoms with Crippen LogP contribution in [-0.4, -0.2) is 36.3 Å². The Labute approximate surface area is 90.1 Å². The zero-order chi connectivity index (χ0) is 10.9. The second-order valence-corrected chi connectivity index (χ2v) is 3.35. The van der Waals surface area contributed by atoms with E-state index < -0.39 is 0 Å². The van der Waals surface area contributed by atoms with Crippen LogP contribution < -0.4 is 11.1 Å². The van der Waals surface area contributed by atoms with Crippen LogP contribution in [0.15, 0.2) is 18.7 Å². The molecule has 5 nitrogen and oxygen atoms in total. The van der Waals surface area contributed by atoms with Gasteiger partial charge < -0.3 is 15.8 Å². The molecule has 5 heteroatoms. The second kappa shape index (κ2) is 7.14. The lowest BCUT2D eigenvalue weighted by molar-refractivity contribution is 0.182. The number of nitrogens with two attached hydrogens (primary N) is 1. The number of hydrogen-bond acceptors (Lipinski definition) is 5. The van der Waals surface area contributed by atoms with E-state index in [0.717, 1.165) is 18.5 Å². The molecule has 0 aliphatic carbocycles. The smallest absolute Gasteiger partial charge is 0.115 e. The minimum atomic E-state index is 0.268. The maximum Gasteiger partial charge on any atom is 0.115 e. The zero-order valence-corrected chi connectivity index (χ0v) is 9.02. The molecule has 1 unspecified atom stereocenters. The molecule has 0 aliphatic heterocycles. The molecule has 0 amide bonds. The van der Waals surface area contributed by atoms with Gasteiger partial charge in [0.15, 0.2) is 0 Å². The summed E-state index contributed by atoms with van der Waals surface area (Å²) in [5, 5.41) is 3.31. The van der Waals surface area contributed by atoms with Crippen molar-refractivity contribution in [3.8, 4) is 0 Å². The molecule has 15 heavy (non-hydrogen) atoms. The predicted molar refractivity (Wildman–Crippen MR) is 59.6 cm³/mol. The van der Waals surface area contributed by atoms with Gasteiger partial charge in [0.2, 0.25) is 0 Å². The monoisotopic (exact) mass is 210 g/mol. The topological polar surface area (TPSA) is 73.1 Å². The maximum absolute atomic E-state index is 5.47. The van der Waals surface area contributed by atoms with E-state index in [4.69, 9.17) is 10.5 Å². The van der Waals surface area contributed by atoms with Crippen LogP contribution in [-0.2, 0) is 4.74 Å². The molecule has 0 aromatic carbocycles. The minimum absolute atomic E-state index is 0.268. The third-order valence-electron chi connectivity index (χ3n) is 2.06. The van der Waals surface area contributed by atoms with Crippen molar-refractivity contribution in [2.45, 2.75) is 18.9 Å². The summed E-state index contributed by atoms with van der Waals surface area (Å²) in [6.07, 6.45) is 6.97. The Kier molecular flexibility index (Phi) is 5.65. The molecule has 0 aliphatic rings. The lowest BCUT2D eigenvalue weighted by atomic mass is 10.1. The molecule has 1 rings (SSSR count). The number of methoxy groups -OCH3 is 1. The van der Waals surface area contributed by atoms with Gasteiger partial charge in [-0.15, -0.1) is 0 Å². The SMILES string of the molecule is COCC(CCCN)Nc1cncnc1. The number of aromatic nitrogens is 2. The van der Waals surface area contributed by atoms with Gasteiger partial charge in [-0.05, 0) is 19.4 Å². The van der Waals surface area contributed by atoms with Crippen LogP contribution in [0.25, 0.3) is 0 Å². The fourth-order valence-corrected chi connectivity index (χ4v) is 1.37. The number of nitrogens with zero attached hydrogens (tertiary/aromatic N) is 2. The quantitative estimate of drug-likeness (QED) is 0.691. The van der Waals surface area contributed by atoms with Gasteiger partial charge in [-0.25, -0.2) is 9.97 Å². The third kappa shape index (κ3) is 4.71. The predicted octanol–water partition coefficient (Wildman–Crippen LogP) is 0.642. The van der Waals surface area contributed by atoms with Gasteiger partial charge in [0.05, 0.1) is 24.7 Å². The second-order valence-electron chi connectivity index (χ2n) is 3.35. The van der Waals surface area contributed by atoms with E-state index in [1.807, 2.05) is 0 Å². The first-order valence-electron chi connectivity index (χ1n) is 5.07. The molecule has 0 saturated carbocycles. The van der Waals surface area contributed by atoms with Crippen LogP contribution >= 0.6 is 0 Å². The number of nitrogens with one attached hydrogen (secondary N) is 1. The van der Waals surface area contributed by atoms with Crippen molar-refractivity contribution in [1.82, 2.24) is 9.97 Å². The van der Waals surface area contributed by atoms with Gasteiger partial charge in [-0.1, -0.05) is 0 Å². The van der Waals surface area contributed by atoms with Crippen LogP contribution in [0.5, 0.6) is 0 Å². The van der Waals surface area contributed by atoms with Gasteiger partial charge >= 0.3 is 0 Å². The molecular weight excluding hydrogens is 192 g/mol. The number of rotatable bonds is 7. The fraction of sp³-hybridized carbons (Fsp3) is 0.600. The Bertz CT molecular complexity index is 255. The standard InChI is InChI=1S/C10H18N4O/c1-15-7-9(3-2-4-11)14-10-5-12-8-13-6-10/h5-6,8-9,14H,2-4,7,11H2,1H3. The summed E-state index contributed by atoms with van der Waals surface area (Å²) in [4.78, 5) is 7.88.